The van der Waals surface area contributed by atoms with Crippen LogP contribution in [0.1, 0.15) is 33.2 Å². The second-order valence-electron chi connectivity index (χ2n) is 5.77. The molecule has 0 aliphatic carbocycles. The van der Waals surface area contributed by atoms with Crippen molar-refractivity contribution in [3.63, 3.8) is 0 Å². The van der Waals surface area contributed by atoms with Crippen molar-refractivity contribution in [2.24, 2.45) is 5.84 Å². The summed E-state index contributed by atoms with van der Waals surface area (Å²) in [7, 11) is 0. The number of carboxylic acids is 1. The first-order valence-electron chi connectivity index (χ1n) is 7.87. The lowest BCUT2D eigenvalue weighted by Gasteiger charge is -2.21. The van der Waals surface area contributed by atoms with Crippen LogP contribution >= 0.6 is 11.6 Å². The summed E-state index contributed by atoms with van der Waals surface area (Å²) in [6.07, 6.45) is 0. The molecular formula is C18H18ClN3O5. The summed E-state index contributed by atoms with van der Waals surface area (Å²) in [5.74, 6) is 3.16. The zero-order chi connectivity index (χ0) is 20.1. The number of amides is 2. The number of benzene rings is 2. The molecule has 0 aliphatic rings. The predicted molar refractivity (Wildman–Crippen MR) is 98.2 cm³/mol. The Morgan fingerprint density at radius 2 is 1.93 bits per heavy atom. The third-order valence-electron chi connectivity index (χ3n) is 3.83. The molecule has 0 fully saturated rings. The van der Waals surface area contributed by atoms with Crippen molar-refractivity contribution in [3.8, 4) is 5.75 Å². The molecule has 2 aromatic carbocycles. The van der Waals surface area contributed by atoms with Gasteiger partial charge >= 0.3 is 5.97 Å². The van der Waals surface area contributed by atoms with Gasteiger partial charge in [0, 0.05) is 12.1 Å². The van der Waals surface area contributed by atoms with Crippen LogP contribution in [0.3, 0.4) is 0 Å². The van der Waals surface area contributed by atoms with Gasteiger partial charge in [-0.05, 0) is 42.8 Å². The average molecular weight is 392 g/mol. The SMILES string of the molecule is C[C@@H](C(=O)O)N(N)C(=O)c1ccc(C(=O)NCc2cccc(O)c2)cc1Cl. The molecule has 1 atom stereocenters. The van der Waals surface area contributed by atoms with Crippen LogP contribution in [0.2, 0.25) is 5.02 Å². The van der Waals surface area contributed by atoms with Gasteiger partial charge < -0.3 is 15.5 Å². The highest BCUT2D eigenvalue weighted by Gasteiger charge is 2.25. The molecule has 2 aromatic rings. The van der Waals surface area contributed by atoms with Gasteiger partial charge in [0.1, 0.15) is 11.8 Å². The highest BCUT2D eigenvalue weighted by molar-refractivity contribution is 6.34. The number of hydrazine groups is 1. The minimum atomic E-state index is -1.26. The Balaban J connectivity index is 2.10. The van der Waals surface area contributed by atoms with E-state index < -0.39 is 23.8 Å². The van der Waals surface area contributed by atoms with Crippen LogP contribution in [-0.4, -0.2) is 39.0 Å². The third kappa shape index (κ3) is 4.96. The van der Waals surface area contributed by atoms with Gasteiger partial charge in [-0.2, -0.15) is 0 Å². The van der Waals surface area contributed by atoms with Crippen molar-refractivity contribution in [3.05, 3.63) is 64.2 Å². The Morgan fingerprint density at radius 1 is 1.22 bits per heavy atom. The fourth-order valence-corrected chi connectivity index (χ4v) is 2.48. The zero-order valence-corrected chi connectivity index (χ0v) is 15.1. The second-order valence-corrected chi connectivity index (χ2v) is 6.18. The molecule has 0 unspecified atom stereocenters. The first-order valence-corrected chi connectivity index (χ1v) is 8.25. The van der Waals surface area contributed by atoms with Gasteiger partial charge in [-0.1, -0.05) is 23.7 Å². The monoisotopic (exact) mass is 391 g/mol. The molecule has 0 saturated heterocycles. The number of rotatable bonds is 6. The minimum absolute atomic E-state index is 0.0169. The summed E-state index contributed by atoms with van der Waals surface area (Å²) in [6, 6.07) is 9.20. The number of carbonyl (C=O) groups is 3. The van der Waals surface area contributed by atoms with Gasteiger partial charge in [-0.3, -0.25) is 14.6 Å². The maximum absolute atomic E-state index is 12.3. The number of phenolic OH excluding ortho intramolecular Hbond substituents is 1. The van der Waals surface area contributed by atoms with Crippen molar-refractivity contribution < 1.29 is 24.6 Å². The lowest BCUT2D eigenvalue weighted by atomic mass is 10.1. The second kappa shape index (κ2) is 8.52. The van der Waals surface area contributed by atoms with Gasteiger partial charge in [0.2, 0.25) is 0 Å². The molecule has 0 saturated carbocycles. The molecule has 0 heterocycles. The van der Waals surface area contributed by atoms with Crippen LogP contribution < -0.4 is 11.2 Å². The molecule has 8 nitrogen and oxygen atoms in total. The number of carbonyl (C=O) groups excluding carboxylic acids is 2. The third-order valence-corrected chi connectivity index (χ3v) is 4.15. The van der Waals surface area contributed by atoms with E-state index in [1.807, 2.05) is 0 Å². The summed E-state index contributed by atoms with van der Waals surface area (Å²) < 4.78 is 0. The average Bonchev–Trinajstić information content (AvgIpc) is 2.64. The van der Waals surface area contributed by atoms with Crippen molar-refractivity contribution >= 4 is 29.4 Å². The Bertz CT molecular complexity index is 887. The fourth-order valence-electron chi connectivity index (χ4n) is 2.21. The van der Waals surface area contributed by atoms with Gasteiger partial charge in [0.25, 0.3) is 11.8 Å². The first-order chi connectivity index (χ1) is 12.7. The molecule has 142 valence electrons. The van der Waals surface area contributed by atoms with Crippen molar-refractivity contribution in [1.29, 1.82) is 0 Å². The lowest BCUT2D eigenvalue weighted by Crippen LogP contribution is -2.48. The van der Waals surface area contributed by atoms with E-state index in [2.05, 4.69) is 5.32 Å². The van der Waals surface area contributed by atoms with E-state index in [0.29, 0.717) is 10.6 Å². The van der Waals surface area contributed by atoms with Crippen LogP contribution in [0.5, 0.6) is 5.75 Å². The van der Waals surface area contributed by atoms with E-state index in [-0.39, 0.29) is 28.4 Å². The number of phenols is 1. The zero-order valence-electron chi connectivity index (χ0n) is 14.3. The Hall–Kier alpha value is -3.10. The number of nitrogens with zero attached hydrogens (tertiary/aromatic N) is 1. The van der Waals surface area contributed by atoms with Crippen LogP contribution in [-0.2, 0) is 11.3 Å². The molecule has 27 heavy (non-hydrogen) atoms. The van der Waals surface area contributed by atoms with Crippen LogP contribution in [0.4, 0.5) is 0 Å². The molecule has 0 aliphatic heterocycles. The first kappa shape index (κ1) is 20.2. The fraction of sp³-hybridized carbons (Fsp3) is 0.167. The molecule has 0 spiro atoms. The largest absolute Gasteiger partial charge is 0.508 e. The van der Waals surface area contributed by atoms with Crippen LogP contribution in [0.15, 0.2) is 42.5 Å². The van der Waals surface area contributed by atoms with E-state index in [1.165, 1.54) is 37.3 Å². The maximum atomic E-state index is 12.3. The number of nitrogens with two attached hydrogens (primary N) is 1. The van der Waals surface area contributed by atoms with Crippen LogP contribution in [0.25, 0.3) is 0 Å². The normalized spacial score (nSPS) is 11.5. The van der Waals surface area contributed by atoms with Crippen molar-refractivity contribution in [1.82, 2.24) is 10.3 Å². The topological polar surface area (TPSA) is 133 Å². The van der Waals surface area contributed by atoms with Gasteiger partial charge in [0.15, 0.2) is 0 Å². The Kier molecular flexibility index (Phi) is 6.38. The number of hydrogen-bond donors (Lipinski definition) is 4. The summed E-state index contributed by atoms with van der Waals surface area (Å²) in [6.45, 7) is 1.45. The molecule has 9 heteroatoms. The highest BCUT2D eigenvalue weighted by atomic mass is 35.5. The predicted octanol–water partition coefficient (Wildman–Crippen LogP) is 1.76. The summed E-state index contributed by atoms with van der Waals surface area (Å²) >= 11 is 6.07. The number of aromatic hydroxyl groups is 1. The molecule has 2 rings (SSSR count). The van der Waals surface area contributed by atoms with E-state index in [9.17, 15) is 19.5 Å². The Morgan fingerprint density at radius 3 is 2.52 bits per heavy atom. The number of carboxylic acid groups (broad SMARTS) is 1. The van der Waals surface area contributed by atoms with Crippen LogP contribution in [0, 0.1) is 0 Å². The van der Waals surface area contributed by atoms with Gasteiger partial charge in [0.05, 0.1) is 10.6 Å². The standard InChI is InChI=1S/C18H18ClN3O5/c1-10(18(26)27)22(20)17(25)14-6-5-12(8-15(14)19)16(24)21-9-11-3-2-4-13(23)7-11/h2-8,10,23H,9,20H2,1H3,(H,21,24)(H,26,27)/t10-/m0/s1. The van der Waals surface area contributed by atoms with E-state index in [1.54, 1.807) is 12.1 Å². The lowest BCUT2D eigenvalue weighted by molar-refractivity contribution is -0.141. The van der Waals surface area contributed by atoms with Crippen molar-refractivity contribution in [2.75, 3.05) is 0 Å². The molecule has 0 aromatic heterocycles. The van der Waals surface area contributed by atoms with Crippen molar-refractivity contribution in [2.45, 2.75) is 19.5 Å². The summed E-state index contributed by atoms with van der Waals surface area (Å²) in [5, 5.41) is 21.5. The summed E-state index contributed by atoms with van der Waals surface area (Å²) in [5.41, 5.74) is 0.908. The number of halogens is 1. The smallest absolute Gasteiger partial charge is 0.327 e. The molecule has 2 amide bonds. The Labute approximate surface area is 160 Å². The maximum Gasteiger partial charge on any atom is 0.327 e. The van der Waals surface area contributed by atoms with Gasteiger partial charge in [-0.15, -0.1) is 0 Å². The quantitative estimate of drug-likeness (QED) is 0.337. The van der Waals surface area contributed by atoms with E-state index >= 15 is 0 Å². The number of aliphatic carboxylic acids is 1. The van der Waals surface area contributed by atoms with Gasteiger partial charge in [-0.25, -0.2) is 10.6 Å². The highest BCUT2D eigenvalue weighted by Crippen LogP contribution is 2.20. The van der Waals surface area contributed by atoms with E-state index in [0.717, 1.165) is 0 Å². The molecule has 0 bridgehead atoms. The minimum Gasteiger partial charge on any atom is -0.508 e. The number of nitrogens with one attached hydrogen (secondary N) is 1. The van der Waals surface area contributed by atoms with E-state index in [4.69, 9.17) is 22.6 Å². The molecule has 0 radical (unpaired) electrons. The molecular weight excluding hydrogens is 374 g/mol. The molecule has 5 N–H and O–H groups in total. The number of hydrogen-bond acceptors (Lipinski definition) is 5. The summed E-state index contributed by atoms with van der Waals surface area (Å²) in [4.78, 5) is 35.4.